The van der Waals surface area contributed by atoms with Crippen LogP contribution in [-0.2, 0) is 50.5 Å². The van der Waals surface area contributed by atoms with Crippen LogP contribution < -0.4 is 4.74 Å². The van der Waals surface area contributed by atoms with Crippen molar-refractivity contribution in [3.63, 3.8) is 0 Å². The summed E-state index contributed by atoms with van der Waals surface area (Å²) in [5.41, 5.74) is 14.9. The first kappa shape index (κ1) is 37.5. The predicted octanol–water partition coefficient (Wildman–Crippen LogP) is 12.7. The van der Waals surface area contributed by atoms with Gasteiger partial charge in [-0.2, -0.15) is 0 Å². The first-order valence-corrected chi connectivity index (χ1v) is 21.8. The third-order valence-corrected chi connectivity index (χ3v) is 13.0. The van der Waals surface area contributed by atoms with Crippen LogP contribution in [0, 0.1) is 15.9 Å². The zero-order chi connectivity index (χ0) is 40.4. The monoisotopic (exact) mass is 949 g/mol. The van der Waals surface area contributed by atoms with Crippen molar-refractivity contribution in [3.05, 3.63) is 183 Å². The zero-order valence-electron chi connectivity index (χ0n) is 34.1. The van der Waals surface area contributed by atoms with Gasteiger partial charge in [-0.15, -0.1) is 0 Å². The van der Waals surface area contributed by atoms with Gasteiger partial charge < -0.3 is 0 Å². The second-order valence-electron chi connectivity index (χ2n) is 17.2. The Kier molecular flexibility index (Phi) is 9.41. The van der Waals surface area contributed by atoms with E-state index in [1.54, 1.807) is 0 Å². The maximum absolute atomic E-state index is 6.65. The molecule has 5 aromatic carbocycles. The summed E-state index contributed by atoms with van der Waals surface area (Å²) in [4.78, 5) is 4.88. The molecule has 6 heteroatoms. The van der Waals surface area contributed by atoms with E-state index >= 15 is 0 Å². The molecule has 4 bridgehead atoms. The summed E-state index contributed by atoms with van der Waals surface area (Å²) in [6.45, 7) is 11.4. The maximum atomic E-state index is 6.65. The molecule has 59 heavy (non-hydrogen) atoms. The van der Waals surface area contributed by atoms with Crippen molar-refractivity contribution in [2.45, 2.75) is 71.6 Å². The average molecular weight is 950 g/mol. The summed E-state index contributed by atoms with van der Waals surface area (Å²) >= 11 is 2.48. The summed E-state index contributed by atoms with van der Waals surface area (Å²) in [6.07, 6.45) is 8.12. The van der Waals surface area contributed by atoms with Crippen LogP contribution in [-0.4, -0.2) is 18.5 Å². The fourth-order valence-electron chi connectivity index (χ4n) is 8.78. The Morgan fingerprint density at radius 2 is 1.51 bits per heavy atom. The van der Waals surface area contributed by atoms with Gasteiger partial charge in [0.15, 0.2) is 0 Å². The summed E-state index contributed by atoms with van der Waals surface area (Å²) in [5.74, 6) is 2.49. The molecule has 0 atom stereocenters. The van der Waals surface area contributed by atoms with Gasteiger partial charge in [0.2, 0.25) is 0 Å². The van der Waals surface area contributed by atoms with E-state index in [-0.39, 0.29) is 5.41 Å². The van der Waals surface area contributed by atoms with Crippen LogP contribution in [0.2, 0.25) is 0 Å². The van der Waals surface area contributed by atoms with Gasteiger partial charge in [0, 0.05) is 6.20 Å². The van der Waals surface area contributed by atoms with E-state index in [4.69, 9.17) is 9.72 Å². The Labute approximate surface area is 357 Å². The first-order chi connectivity index (χ1) is 28.6. The number of aromatic nitrogens is 4. The number of nitrogens with zero attached hydrogens (tertiary/aromatic N) is 4. The Hall–Kier alpha value is -5.77. The summed E-state index contributed by atoms with van der Waals surface area (Å²) in [7, 11) is 0. The molecule has 0 radical (unpaired) electrons. The minimum absolute atomic E-state index is 0.106. The van der Waals surface area contributed by atoms with Gasteiger partial charge >= 0.3 is 274 Å². The summed E-state index contributed by atoms with van der Waals surface area (Å²) < 4.78 is 14.7. The van der Waals surface area contributed by atoms with E-state index in [1.165, 1.54) is 50.2 Å². The van der Waals surface area contributed by atoms with Gasteiger partial charge in [-0.3, -0.25) is 0 Å². The molecule has 4 aromatic heterocycles. The van der Waals surface area contributed by atoms with Crippen LogP contribution in [0.15, 0.2) is 134 Å². The van der Waals surface area contributed by atoms with Gasteiger partial charge in [0.05, 0.1) is 0 Å². The standard InChI is InChI=1S/C53H46N4O.Pt/c1-35(2)40-26-27-54-52(30-40)57-49-25-20-41(37-10-7-6-8-11-37)29-47(49)46-24-23-45(32-50(46)57)58-44-13-9-12-43(31-44)55-33-51-39-18-17-38-16-14-36(28-48(38)53(3,4)5)15-21-42(22-19-39)56(51)34-55;/h6-14,16,19-20,22-30,33,35H,15,17-18,21H2,1-5H3;/q-2;. The number of aryl methyl sites for hydroxylation is 4. The van der Waals surface area contributed by atoms with Crippen LogP contribution >= 0.6 is 0 Å². The molecular formula is C53H46N4OPt-2. The molecule has 2 aliphatic heterocycles. The number of fused-ring (bicyclic) bond motifs is 3. The second kappa shape index (κ2) is 14.8. The van der Waals surface area contributed by atoms with Gasteiger partial charge in [0.1, 0.15) is 0 Å². The van der Waals surface area contributed by atoms with E-state index in [0.717, 1.165) is 62.8 Å². The number of hydrogen-bond acceptors (Lipinski definition) is 2. The molecule has 0 amide bonds. The normalized spacial score (nSPS) is 13.2. The first-order valence-electron chi connectivity index (χ1n) is 20.6. The fourth-order valence-corrected chi connectivity index (χ4v) is 9.80. The van der Waals surface area contributed by atoms with E-state index in [9.17, 15) is 0 Å². The quantitative estimate of drug-likeness (QED) is 0.156. The topological polar surface area (TPSA) is 36.4 Å². The average Bonchev–Trinajstić information content (AvgIpc) is 3.76. The fraction of sp³-hybridized carbons (Fsp3) is 0.208. The number of benzene rings is 5. The van der Waals surface area contributed by atoms with Gasteiger partial charge in [-0.1, -0.05) is 50.2 Å². The molecule has 296 valence electrons. The van der Waals surface area contributed by atoms with E-state index < -0.39 is 0 Å². The van der Waals surface area contributed by atoms with Crippen molar-refractivity contribution in [2.24, 2.45) is 0 Å². The Bertz CT molecular complexity index is 3120. The molecule has 13 rings (SSSR count). The third kappa shape index (κ3) is 6.90. The molecule has 0 spiro atoms. The zero-order valence-corrected chi connectivity index (χ0v) is 36.4. The number of rotatable bonds is 6. The molecule has 6 heterocycles. The number of imidazole rings is 1. The Morgan fingerprint density at radius 3 is 2.34 bits per heavy atom. The van der Waals surface area contributed by atoms with Crippen molar-refractivity contribution in [1.29, 1.82) is 0 Å². The number of hydrogen-bond donors (Lipinski definition) is 0. The Balaban J connectivity index is 1.03. The summed E-state index contributed by atoms with van der Waals surface area (Å²) in [6, 6.07) is 51.0. The van der Waals surface area contributed by atoms with E-state index in [2.05, 4.69) is 195 Å². The van der Waals surface area contributed by atoms with Crippen LogP contribution in [0.3, 0.4) is 0 Å². The predicted molar refractivity (Wildman–Crippen MR) is 236 cm³/mol. The van der Waals surface area contributed by atoms with Gasteiger partial charge in [-0.25, -0.2) is 0 Å². The Morgan fingerprint density at radius 1 is 0.695 bits per heavy atom. The minimum atomic E-state index is 0.106. The molecule has 9 aromatic rings. The van der Waals surface area contributed by atoms with Crippen molar-refractivity contribution in [2.75, 3.05) is 0 Å². The number of ether oxygens (including phenoxy) is 1. The molecule has 0 saturated carbocycles. The van der Waals surface area contributed by atoms with E-state index in [1.807, 2.05) is 18.3 Å². The molecule has 5 nitrogen and oxygen atoms in total. The van der Waals surface area contributed by atoms with Crippen molar-refractivity contribution >= 4 is 27.3 Å². The molecular weight excluding hydrogens is 904 g/mol. The van der Waals surface area contributed by atoms with Gasteiger partial charge in [-0.05, 0) is 28.7 Å². The van der Waals surface area contributed by atoms with Crippen molar-refractivity contribution in [3.8, 4) is 34.1 Å². The second-order valence-corrected chi connectivity index (χ2v) is 18.2. The van der Waals surface area contributed by atoms with Crippen LogP contribution in [0.5, 0.6) is 11.5 Å². The molecule has 2 aliphatic carbocycles. The van der Waals surface area contributed by atoms with Crippen LogP contribution in [0.25, 0.3) is 50.0 Å². The van der Waals surface area contributed by atoms with Crippen molar-refractivity contribution < 1.29 is 24.1 Å². The SMILES string of the molecule is CC(C)c1ccnc(-n2c3[c-]c(Oc4[c-]c(-n5cc6c7ccc(n6[c]5=[Pt])CCc5ccc(c(C(C)(C)C)c5)CC7)ccc4)ccc3c3cc(-c4ccccc4)ccc32)c1. The van der Waals surface area contributed by atoms with Crippen LogP contribution in [0.4, 0.5) is 0 Å². The molecule has 0 fully saturated rings. The van der Waals surface area contributed by atoms with Crippen molar-refractivity contribution in [1.82, 2.24) is 18.5 Å². The third-order valence-electron chi connectivity index (χ3n) is 11.9. The molecule has 4 aliphatic rings. The number of pyridine rings is 2. The molecule has 0 saturated heterocycles. The van der Waals surface area contributed by atoms with Crippen LogP contribution in [0.1, 0.15) is 74.0 Å². The molecule has 0 N–H and O–H groups in total. The van der Waals surface area contributed by atoms with Gasteiger partial charge in [0.25, 0.3) is 0 Å². The molecule has 0 unspecified atom stereocenters. The van der Waals surface area contributed by atoms with E-state index in [0.29, 0.717) is 17.4 Å². The summed E-state index contributed by atoms with van der Waals surface area (Å²) in [5, 5.41) is 2.24.